The van der Waals surface area contributed by atoms with Crippen LogP contribution in [0, 0.1) is 20.8 Å². The minimum Gasteiger partial charge on any atom is -0.368 e. The van der Waals surface area contributed by atoms with Gasteiger partial charge in [0.2, 0.25) is 11.8 Å². The van der Waals surface area contributed by atoms with Gasteiger partial charge in [-0.1, -0.05) is 23.8 Å². The summed E-state index contributed by atoms with van der Waals surface area (Å²) in [6, 6.07) is 5.98. The van der Waals surface area contributed by atoms with Gasteiger partial charge in [-0.15, -0.1) is 11.3 Å². The number of primary amides is 2. The van der Waals surface area contributed by atoms with E-state index in [1.165, 1.54) is 11.3 Å². The first kappa shape index (κ1) is 18.6. The van der Waals surface area contributed by atoms with Crippen molar-refractivity contribution in [1.29, 1.82) is 0 Å². The molecule has 0 unspecified atom stereocenters. The number of aromatic nitrogens is 1. The summed E-state index contributed by atoms with van der Waals surface area (Å²) in [6.07, 6.45) is 0. The van der Waals surface area contributed by atoms with Gasteiger partial charge >= 0.3 is 0 Å². The molecule has 0 saturated carbocycles. The number of benzene rings is 1. The number of hydrogen-bond acceptors (Lipinski definition) is 5. The first-order chi connectivity index (χ1) is 11.7. The van der Waals surface area contributed by atoms with Crippen LogP contribution in [0.3, 0.4) is 0 Å². The first-order valence-corrected chi connectivity index (χ1v) is 8.41. The Bertz CT molecular complexity index is 828. The average molecular weight is 360 g/mol. The van der Waals surface area contributed by atoms with E-state index < -0.39 is 17.7 Å². The Kier molecular flexibility index (Phi) is 5.53. The van der Waals surface area contributed by atoms with Crippen molar-refractivity contribution < 1.29 is 14.4 Å². The Labute approximate surface area is 149 Å². The molecule has 132 valence electrons. The van der Waals surface area contributed by atoms with Crippen LogP contribution in [0.25, 0.3) is 10.6 Å². The molecule has 25 heavy (non-hydrogen) atoms. The zero-order valence-corrected chi connectivity index (χ0v) is 15.1. The Morgan fingerprint density at radius 3 is 2.20 bits per heavy atom. The van der Waals surface area contributed by atoms with Gasteiger partial charge in [0, 0.05) is 5.56 Å². The third kappa shape index (κ3) is 4.42. The molecule has 4 N–H and O–H groups in total. The largest absolute Gasteiger partial charge is 0.368 e. The van der Waals surface area contributed by atoms with Crippen molar-refractivity contribution in [2.24, 2.45) is 11.5 Å². The Morgan fingerprint density at radius 1 is 1.08 bits per heavy atom. The van der Waals surface area contributed by atoms with Crippen LogP contribution in [-0.4, -0.2) is 40.7 Å². The average Bonchev–Trinajstić information content (AvgIpc) is 2.86. The van der Waals surface area contributed by atoms with Gasteiger partial charge in [-0.05, 0) is 26.3 Å². The summed E-state index contributed by atoms with van der Waals surface area (Å²) in [5.74, 6) is -1.92. The number of hydrogen-bond donors (Lipinski definition) is 2. The van der Waals surface area contributed by atoms with E-state index >= 15 is 0 Å². The second kappa shape index (κ2) is 7.43. The smallest absolute Gasteiger partial charge is 0.266 e. The number of thiazole rings is 1. The van der Waals surface area contributed by atoms with Gasteiger partial charge in [-0.2, -0.15) is 0 Å². The lowest BCUT2D eigenvalue weighted by molar-refractivity contribution is -0.121. The fraction of sp³-hybridized carbons (Fsp3) is 0.294. The molecule has 0 aliphatic carbocycles. The lowest BCUT2D eigenvalue weighted by Gasteiger charge is -2.18. The molecular weight excluding hydrogens is 340 g/mol. The molecular formula is C17H20N4O3S. The zero-order valence-electron chi connectivity index (χ0n) is 14.3. The molecule has 0 fully saturated rings. The number of amides is 3. The second-order valence-electron chi connectivity index (χ2n) is 5.85. The molecule has 0 radical (unpaired) electrons. The Morgan fingerprint density at radius 2 is 1.68 bits per heavy atom. The fourth-order valence-corrected chi connectivity index (χ4v) is 3.61. The Hall–Kier alpha value is -2.74. The van der Waals surface area contributed by atoms with Crippen LogP contribution in [0.15, 0.2) is 18.2 Å². The summed E-state index contributed by atoms with van der Waals surface area (Å²) in [4.78, 5) is 40.9. The van der Waals surface area contributed by atoms with Crippen molar-refractivity contribution in [2.75, 3.05) is 13.1 Å². The monoisotopic (exact) mass is 360 g/mol. The number of aryl methyl sites for hydroxylation is 3. The van der Waals surface area contributed by atoms with Crippen LogP contribution in [-0.2, 0) is 9.59 Å². The molecule has 7 nitrogen and oxygen atoms in total. The third-order valence-corrected chi connectivity index (χ3v) is 4.76. The van der Waals surface area contributed by atoms with Gasteiger partial charge in [0.1, 0.15) is 23.0 Å². The van der Waals surface area contributed by atoms with Gasteiger partial charge in [0.05, 0.1) is 5.69 Å². The quantitative estimate of drug-likeness (QED) is 0.803. The van der Waals surface area contributed by atoms with Crippen molar-refractivity contribution in [3.63, 3.8) is 0 Å². The van der Waals surface area contributed by atoms with Crippen molar-refractivity contribution >= 4 is 29.1 Å². The molecule has 0 aliphatic heterocycles. The molecule has 0 aliphatic rings. The molecule has 0 bridgehead atoms. The summed E-state index contributed by atoms with van der Waals surface area (Å²) in [6.45, 7) is 4.94. The molecule has 2 aromatic rings. The summed E-state index contributed by atoms with van der Waals surface area (Å²) in [5, 5.41) is 0.705. The van der Waals surface area contributed by atoms with E-state index in [1.54, 1.807) is 6.92 Å². The van der Waals surface area contributed by atoms with E-state index in [4.69, 9.17) is 11.5 Å². The standard InChI is InChI=1S/C17H20N4O3S/c1-9-4-5-12(10(2)6-9)16-20-11(3)15(25-16)17(24)21(7-13(18)22)8-14(19)23/h4-6H,7-8H2,1-3H3,(H2,18,22)(H2,19,23). The molecule has 1 aromatic carbocycles. The van der Waals surface area contributed by atoms with Crippen LogP contribution >= 0.6 is 11.3 Å². The lowest BCUT2D eigenvalue weighted by Crippen LogP contribution is -2.43. The first-order valence-electron chi connectivity index (χ1n) is 7.60. The van der Waals surface area contributed by atoms with E-state index in [2.05, 4.69) is 4.98 Å². The maximum atomic E-state index is 12.7. The van der Waals surface area contributed by atoms with Crippen LogP contribution in [0.2, 0.25) is 0 Å². The van der Waals surface area contributed by atoms with Crippen molar-refractivity contribution in [2.45, 2.75) is 20.8 Å². The van der Waals surface area contributed by atoms with Gasteiger partial charge in [0.15, 0.2) is 0 Å². The second-order valence-corrected chi connectivity index (χ2v) is 6.84. The van der Waals surface area contributed by atoms with Crippen molar-refractivity contribution in [1.82, 2.24) is 9.88 Å². The molecule has 2 rings (SSSR count). The highest BCUT2D eigenvalue weighted by Crippen LogP contribution is 2.31. The van der Waals surface area contributed by atoms with Crippen molar-refractivity contribution in [3.05, 3.63) is 39.9 Å². The van der Waals surface area contributed by atoms with Gasteiger partial charge in [-0.3, -0.25) is 14.4 Å². The number of nitrogens with two attached hydrogens (primary N) is 2. The highest BCUT2D eigenvalue weighted by Gasteiger charge is 2.24. The summed E-state index contributed by atoms with van der Waals surface area (Å²) in [7, 11) is 0. The zero-order chi connectivity index (χ0) is 18.7. The van der Waals surface area contributed by atoms with E-state index in [0.717, 1.165) is 21.6 Å². The van der Waals surface area contributed by atoms with E-state index in [0.29, 0.717) is 15.6 Å². The number of carbonyl (C=O) groups is 3. The minimum absolute atomic E-state index is 0.359. The fourth-order valence-electron chi connectivity index (χ4n) is 2.48. The van der Waals surface area contributed by atoms with Gasteiger partial charge in [-0.25, -0.2) is 4.98 Å². The maximum absolute atomic E-state index is 12.7. The predicted molar refractivity (Wildman–Crippen MR) is 96.1 cm³/mol. The van der Waals surface area contributed by atoms with Crippen LogP contribution in [0.5, 0.6) is 0 Å². The molecule has 1 aromatic heterocycles. The lowest BCUT2D eigenvalue weighted by atomic mass is 10.1. The summed E-state index contributed by atoms with van der Waals surface area (Å²) in [5.41, 5.74) is 14.0. The number of carbonyl (C=O) groups excluding carboxylic acids is 3. The predicted octanol–water partition coefficient (Wildman–Crippen LogP) is 1.15. The highest BCUT2D eigenvalue weighted by molar-refractivity contribution is 7.17. The normalized spacial score (nSPS) is 10.5. The molecule has 3 amide bonds. The van der Waals surface area contributed by atoms with Crippen molar-refractivity contribution in [3.8, 4) is 10.6 Å². The minimum atomic E-state index is -0.716. The third-order valence-electron chi connectivity index (χ3n) is 3.58. The van der Waals surface area contributed by atoms with E-state index in [1.807, 2.05) is 32.0 Å². The molecule has 0 atom stereocenters. The number of nitrogens with zero attached hydrogens (tertiary/aromatic N) is 2. The molecule has 8 heteroatoms. The van der Waals surface area contributed by atoms with Gasteiger partial charge < -0.3 is 16.4 Å². The van der Waals surface area contributed by atoms with Gasteiger partial charge in [0.25, 0.3) is 5.91 Å². The van der Waals surface area contributed by atoms with E-state index in [9.17, 15) is 14.4 Å². The van der Waals surface area contributed by atoms with Crippen LogP contribution in [0.1, 0.15) is 26.5 Å². The Balaban J connectivity index is 2.38. The van der Waals surface area contributed by atoms with Crippen LogP contribution in [0.4, 0.5) is 0 Å². The maximum Gasteiger partial charge on any atom is 0.266 e. The summed E-state index contributed by atoms with van der Waals surface area (Å²) < 4.78 is 0. The highest BCUT2D eigenvalue weighted by atomic mass is 32.1. The molecule has 0 spiro atoms. The van der Waals surface area contributed by atoms with E-state index in [-0.39, 0.29) is 13.1 Å². The summed E-state index contributed by atoms with van der Waals surface area (Å²) >= 11 is 1.22. The topological polar surface area (TPSA) is 119 Å². The van der Waals surface area contributed by atoms with Crippen LogP contribution < -0.4 is 11.5 Å². The molecule has 1 heterocycles. The molecule has 0 saturated heterocycles. The SMILES string of the molecule is Cc1ccc(-c2nc(C)c(C(=O)N(CC(N)=O)CC(N)=O)s2)c(C)c1. The number of rotatable bonds is 6.